The predicted molar refractivity (Wildman–Crippen MR) is 73.8 cm³/mol. The number of imide groups is 1. The first-order valence-electron chi connectivity index (χ1n) is 6.43. The van der Waals surface area contributed by atoms with Crippen LogP contribution < -0.4 is 0 Å². The second kappa shape index (κ2) is 4.77. The Kier molecular flexibility index (Phi) is 3.02. The molecule has 2 aromatic carbocycles. The van der Waals surface area contributed by atoms with Gasteiger partial charge in [-0.2, -0.15) is 0 Å². The van der Waals surface area contributed by atoms with Crippen LogP contribution in [-0.4, -0.2) is 27.8 Å². The van der Waals surface area contributed by atoms with E-state index in [9.17, 15) is 19.5 Å². The SMILES string of the molecule is O=C1c2ccccc2C(=O)N1C(F)(C(=O)O)c1ccccc1. The van der Waals surface area contributed by atoms with Crippen molar-refractivity contribution < 1.29 is 23.9 Å². The Labute approximate surface area is 124 Å². The number of hydrogen-bond acceptors (Lipinski definition) is 3. The summed E-state index contributed by atoms with van der Waals surface area (Å²) in [6.07, 6.45) is 0. The average molecular weight is 299 g/mol. The summed E-state index contributed by atoms with van der Waals surface area (Å²) in [5.74, 6) is -7.11. The highest BCUT2D eigenvalue weighted by Crippen LogP contribution is 2.37. The number of benzene rings is 2. The van der Waals surface area contributed by atoms with Gasteiger partial charge in [0, 0.05) is 5.56 Å². The molecule has 0 aromatic heterocycles. The number of halogens is 1. The normalized spacial score (nSPS) is 16.3. The molecular formula is C16H10FNO4. The highest BCUT2D eigenvalue weighted by Gasteiger charge is 2.56. The van der Waals surface area contributed by atoms with E-state index in [0.717, 1.165) is 0 Å². The second-order valence-corrected chi connectivity index (χ2v) is 4.78. The van der Waals surface area contributed by atoms with Gasteiger partial charge in [0.15, 0.2) is 0 Å². The van der Waals surface area contributed by atoms with Gasteiger partial charge in [0.2, 0.25) is 0 Å². The Hall–Kier alpha value is -3.02. The van der Waals surface area contributed by atoms with Gasteiger partial charge in [0.05, 0.1) is 11.1 Å². The fourth-order valence-corrected chi connectivity index (χ4v) is 2.48. The molecule has 2 aromatic rings. The van der Waals surface area contributed by atoms with Crippen LogP contribution in [0.1, 0.15) is 26.3 Å². The summed E-state index contributed by atoms with van der Waals surface area (Å²) in [6, 6.07) is 12.7. The van der Waals surface area contributed by atoms with Crippen molar-refractivity contribution in [1.29, 1.82) is 0 Å². The maximum Gasteiger partial charge on any atom is 0.368 e. The van der Waals surface area contributed by atoms with Gasteiger partial charge in [0.25, 0.3) is 11.8 Å². The van der Waals surface area contributed by atoms with E-state index in [2.05, 4.69) is 0 Å². The molecule has 2 amide bonds. The molecule has 6 heteroatoms. The summed E-state index contributed by atoms with van der Waals surface area (Å²) in [7, 11) is 0. The molecule has 1 aliphatic heterocycles. The Bertz CT molecular complexity index is 755. The summed E-state index contributed by atoms with van der Waals surface area (Å²) < 4.78 is 15.3. The van der Waals surface area contributed by atoms with Crippen LogP contribution in [0.15, 0.2) is 54.6 Å². The van der Waals surface area contributed by atoms with E-state index >= 15 is 4.39 Å². The molecule has 22 heavy (non-hydrogen) atoms. The quantitative estimate of drug-likeness (QED) is 0.696. The van der Waals surface area contributed by atoms with Crippen molar-refractivity contribution in [2.75, 3.05) is 0 Å². The number of hydrogen-bond donors (Lipinski definition) is 1. The van der Waals surface area contributed by atoms with Crippen LogP contribution in [0.25, 0.3) is 0 Å². The smallest absolute Gasteiger partial charge is 0.368 e. The van der Waals surface area contributed by atoms with Gasteiger partial charge in [-0.15, -0.1) is 0 Å². The molecule has 1 unspecified atom stereocenters. The molecule has 0 fully saturated rings. The molecular weight excluding hydrogens is 289 g/mol. The third kappa shape index (κ3) is 1.74. The van der Waals surface area contributed by atoms with Gasteiger partial charge >= 0.3 is 11.8 Å². The molecule has 0 radical (unpaired) electrons. The standard InChI is InChI=1S/C16H10FNO4/c17-16(15(21)22,10-6-2-1-3-7-10)18-13(19)11-8-4-5-9-12(11)14(18)20/h1-9H,(H,21,22). The third-order valence-electron chi connectivity index (χ3n) is 3.54. The lowest BCUT2D eigenvalue weighted by atomic mass is 10.0. The van der Waals surface area contributed by atoms with E-state index in [4.69, 9.17) is 0 Å². The average Bonchev–Trinajstić information content (AvgIpc) is 2.79. The van der Waals surface area contributed by atoms with Crippen LogP contribution >= 0.6 is 0 Å². The van der Waals surface area contributed by atoms with Gasteiger partial charge in [-0.05, 0) is 12.1 Å². The van der Waals surface area contributed by atoms with Gasteiger partial charge < -0.3 is 5.11 Å². The van der Waals surface area contributed by atoms with Gasteiger partial charge in [-0.1, -0.05) is 42.5 Å². The van der Waals surface area contributed by atoms with E-state index in [0.29, 0.717) is 0 Å². The second-order valence-electron chi connectivity index (χ2n) is 4.78. The topological polar surface area (TPSA) is 74.7 Å². The van der Waals surface area contributed by atoms with E-state index in [-0.39, 0.29) is 21.6 Å². The number of aliphatic carboxylic acids is 1. The lowest BCUT2D eigenvalue weighted by molar-refractivity contribution is -0.161. The van der Waals surface area contributed by atoms with Gasteiger partial charge in [0.1, 0.15) is 0 Å². The Morgan fingerprint density at radius 2 is 1.36 bits per heavy atom. The van der Waals surface area contributed by atoms with E-state index in [1.54, 1.807) is 6.07 Å². The molecule has 5 nitrogen and oxygen atoms in total. The maximum absolute atomic E-state index is 15.3. The largest absolute Gasteiger partial charge is 0.477 e. The lowest BCUT2D eigenvalue weighted by Crippen LogP contribution is -2.51. The molecule has 1 aliphatic rings. The van der Waals surface area contributed by atoms with E-state index < -0.39 is 23.6 Å². The van der Waals surface area contributed by atoms with Gasteiger partial charge in [-0.3, -0.25) is 9.59 Å². The number of carboxylic acid groups (broad SMARTS) is 1. The molecule has 0 bridgehead atoms. The summed E-state index contributed by atoms with van der Waals surface area (Å²) in [6.45, 7) is 0. The molecule has 0 aliphatic carbocycles. The van der Waals surface area contributed by atoms with Crippen LogP contribution in [0, 0.1) is 0 Å². The fourth-order valence-electron chi connectivity index (χ4n) is 2.48. The van der Waals surface area contributed by atoms with Gasteiger partial charge in [-0.25, -0.2) is 14.1 Å². The van der Waals surface area contributed by atoms with Crippen molar-refractivity contribution in [3.8, 4) is 0 Å². The lowest BCUT2D eigenvalue weighted by Gasteiger charge is -2.29. The highest BCUT2D eigenvalue weighted by atomic mass is 19.1. The number of alkyl halides is 1. The van der Waals surface area contributed by atoms with Crippen LogP contribution in [-0.2, 0) is 10.6 Å². The molecule has 0 saturated carbocycles. The van der Waals surface area contributed by atoms with Crippen LogP contribution in [0.3, 0.4) is 0 Å². The van der Waals surface area contributed by atoms with Crippen molar-refractivity contribution in [2.24, 2.45) is 0 Å². The number of carbonyl (C=O) groups excluding carboxylic acids is 2. The van der Waals surface area contributed by atoms with E-state index in [1.807, 2.05) is 0 Å². The van der Waals surface area contributed by atoms with Crippen molar-refractivity contribution in [3.63, 3.8) is 0 Å². The number of rotatable bonds is 3. The molecule has 0 spiro atoms. The van der Waals surface area contributed by atoms with Crippen molar-refractivity contribution in [2.45, 2.75) is 5.79 Å². The van der Waals surface area contributed by atoms with Crippen molar-refractivity contribution in [3.05, 3.63) is 71.3 Å². The van der Waals surface area contributed by atoms with Crippen LogP contribution in [0.5, 0.6) is 0 Å². The van der Waals surface area contributed by atoms with Crippen molar-refractivity contribution >= 4 is 17.8 Å². The molecule has 1 N–H and O–H groups in total. The minimum atomic E-state index is -3.26. The first-order valence-corrected chi connectivity index (χ1v) is 6.43. The fraction of sp³-hybridized carbons (Fsp3) is 0.0625. The predicted octanol–water partition coefficient (Wildman–Crippen LogP) is 2.19. The number of amides is 2. The molecule has 0 saturated heterocycles. The first-order chi connectivity index (χ1) is 10.5. The highest BCUT2D eigenvalue weighted by molar-refractivity contribution is 6.23. The summed E-state index contributed by atoms with van der Waals surface area (Å²) in [5, 5.41) is 9.34. The first kappa shape index (κ1) is 13.9. The number of nitrogens with zero attached hydrogens (tertiary/aromatic N) is 1. The zero-order chi connectivity index (χ0) is 15.9. The zero-order valence-electron chi connectivity index (χ0n) is 11.2. The molecule has 110 valence electrons. The summed E-state index contributed by atoms with van der Waals surface area (Å²) in [4.78, 5) is 36.4. The molecule has 1 heterocycles. The van der Waals surface area contributed by atoms with Crippen LogP contribution in [0.4, 0.5) is 4.39 Å². The van der Waals surface area contributed by atoms with Crippen molar-refractivity contribution in [1.82, 2.24) is 4.90 Å². The Morgan fingerprint density at radius 1 is 0.909 bits per heavy atom. The summed E-state index contributed by atoms with van der Waals surface area (Å²) in [5.41, 5.74) is -0.310. The molecule has 1 atom stereocenters. The monoisotopic (exact) mass is 299 g/mol. The maximum atomic E-state index is 15.3. The van der Waals surface area contributed by atoms with E-state index in [1.165, 1.54) is 48.5 Å². The number of carbonyl (C=O) groups is 3. The minimum Gasteiger partial charge on any atom is -0.477 e. The minimum absolute atomic E-state index is 0.00768. The Morgan fingerprint density at radius 3 is 1.82 bits per heavy atom. The number of carboxylic acids is 1. The van der Waals surface area contributed by atoms with Crippen LogP contribution in [0.2, 0.25) is 0 Å². The number of fused-ring (bicyclic) bond motifs is 1. The summed E-state index contributed by atoms with van der Waals surface area (Å²) >= 11 is 0. The zero-order valence-corrected chi connectivity index (χ0v) is 11.2. The third-order valence-corrected chi connectivity index (χ3v) is 3.54. The molecule has 3 rings (SSSR count). The Balaban J connectivity index is 2.19.